The Balaban J connectivity index is 2.66. The number of nitrogens with one attached hydrogen (secondary N) is 1. The van der Waals surface area contributed by atoms with Crippen molar-refractivity contribution in [3.05, 3.63) is 35.4 Å². The third-order valence-electron chi connectivity index (χ3n) is 3.18. The van der Waals surface area contributed by atoms with Crippen molar-refractivity contribution in [2.45, 2.75) is 25.6 Å². The SMILES string of the molecule is CCCNCc1cccc(CS(=O)(=O)N(C)CCOC)c1. The minimum Gasteiger partial charge on any atom is -0.383 e. The first-order valence-electron chi connectivity index (χ1n) is 7.21. The smallest absolute Gasteiger partial charge is 0.218 e. The van der Waals surface area contributed by atoms with Crippen LogP contribution in [0.4, 0.5) is 0 Å². The van der Waals surface area contributed by atoms with Crippen LogP contribution in [0.15, 0.2) is 24.3 Å². The van der Waals surface area contributed by atoms with Crippen LogP contribution in [0.2, 0.25) is 0 Å². The van der Waals surface area contributed by atoms with Gasteiger partial charge < -0.3 is 10.1 Å². The minimum absolute atomic E-state index is 0.0227. The van der Waals surface area contributed by atoms with E-state index in [9.17, 15) is 8.42 Å². The van der Waals surface area contributed by atoms with E-state index in [1.54, 1.807) is 14.2 Å². The summed E-state index contributed by atoms with van der Waals surface area (Å²) in [5.41, 5.74) is 1.92. The Labute approximate surface area is 128 Å². The molecule has 6 heteroatoms. The molecule has 0 bridgehead atoms. The molecule has 0 atom stereocenters. The Morgan fingerprint density at radius 2 is 2.00 bits per heavy atom. The van der Waals surface area contributed by atoms with Crippen LogP contribution in [0.3, 0.4) is 0 Å². The van der Waals surface area contributed by atoms with Gasteiger partial charge in [0.15, 0.2) is 0 Å². The molecule has 0 saturated heterocycles. The summed E-state index contributed by atoms with van der Waals surface area (Å²) in [6.45, 7) is 4.61. The standard InChI is InChI=1S/C15H26N2O3S/c1-4-8-16-12-14-6-5-7-15(11-14)13-21(18,19)17(2)9-10-20-3/h5-7,11,16H,4,8-10,12-13H2,1-3H3. The van der Waals surface area contributed by atoms with Crippen LogP contribution in [0.1, 0.15) is 24.5 Å². The minimum atomic E-state index is -3.29. The van der Waals surface area contributed by atoms with Gasteiger partial charge in [0.25, 0.3) is 0 Å². The van der Waals surface area contributed by atoms with Crippen LogP contribution in [0, 0.1) is 0 Å². The van der Waals surface area contributed by atoms with Gasteiger partial charge in [0, 0.05) is 27.2 Å². The van der Waals surface area contributed by atoms with Gasteiger partial charge in [-0.3, -0.25) is 0 Å². The van der Waals surface area contributed by atoms with Crippen LogP contribution < -0.4 is 5.32 Å². The molecule has 1 aromatic carbocycles. The average Bonchev–Trinajstić information content (AvgIpc) is 2.45. The lowest BCUT2D eigenvalue weighted by atomic mass is 10.1. The zero-order valence-corrected chi connectivity index (χ0v) is 13.9. The fraction of sp³-hybridized carbons (Fsp3) is 0.600. The average molecular weight is 314 g/mol. The van der Waals surface area contributed by atoms with Crippen molar-refractivity contribution in [3.63, 3.8) is 0 Å². The van der Waals surface area contributed by atoms with Gasteiger partial charge in [-0.2, -0.15) is 0 Å². The molecule has 0 aliphatic heterocycles. The van der Waals surface area contributed by atoms with E-state index in [1.165, 1.54) is 4.31 Å². The summed E-state index contributed by atoms with van der Waals surface area (Å²) in [6, 6.07) is 7.71. The third-order valence-corrected chi connectivity index (χ3v) is 5.01. The molecule has 120 valence electrons. The molecule has 0 amide bonds. The Bertz CT molecular complexity index is 517. The van der Waals surface area contributed by atoms with Crippen LogP contribution in [-0.4, -0.2) is 46.6 Å². The van der Waals surface area contributed by atoms with Gasteiger partial charge >= 0.3 is 0 Å². The molecular formula is C15H26N2O3S. The molecule has 0 spiro atoms. The first-order valence-corrected chi connectivity index (χ1v) is 8.82. The van der Waals surface area contributed by atoms with E-state index in [-0.39, 0.29) is 5.75 Å². The number of hydrogen-bond acceptors (Lipinski definition) is 4. The van der Waals surface area contributed by atoms with Crippen molar-refractivity contribution < 1.29 is 13.2 Å². The normalized spacial score (nSPS) is 12.0. The number of hydrogen-bond donors (Lipinski definition) is 1. The zero-order valence-electron chi connectivity index (χ0n) is 13.1. The van der Waals surface area contributed by atoms with Crippen molar-refractivity contribution >= 4 is 10.0 Å². The molecule has 1 aromatic rings. The van der Waals surface area contributed by atoms with E-state index in [1.807, 2.05) is 24.3 Å². The Morgan fingerprint density at radius 3 is 2.67 bits per heavy atom. The summed E-state index contributed by atoms with van der Waals surface area (Å²) >= 11 is 0. The Kier molecular flexibility index (Phi) is 7.88. The largest absolute Gasteiger partial charge is 0.383 e. The lowest BCUT2D eigenvalue weighted by Crippen LogP contribution is -2.31. The van der Waals surface area contributed by atoms with Gasteiger partial charge in [-0.25, -0.2) is 12.7 Å². The second-order valence-electron chi connectivity index (χ2n) is 5.07. The number of ether oxygens (including phenoxy) is 1. The molecule has 1 N–H and O–H groups in total. The van der Waals surface area contributed by atoms with Crippen LogP contribution in [0.25, 0.3) is 0 Å². The molecule has 1 rings (SSSR count). The van der Waals surface area contributed by atoms with Gasteiger partial charge in [0.05, 0.1) is 12.4 Å². The number of rotatable bonds is 10. The monoisotopic (exact) mass is 314 g/mol. The van der Waals surface area contributed by atoms with E-state index in [4.69, 9.17) is 4.74 Å². The fourth-order valence-electron chi connectivity index (χ4n) is 1.92. The molecule has 0 aromatic heterocycles. The highest BCUT2D eigenvalue weighted by atomic mass is 32.2. The number of sulfonamides is 1. The molecule has 21 heavy (non-hydrogen) atoms. The van der Waals surface area contributed by atoms with Gasteiger partial charge in [0.1, 0.15) is 0 Å². The molecule has 0 radical (unpaired) electrons. The van der Waals surface area contributed by atoms with Gasteiger partial charge in [-0.1, -0.05) is 31.2 Å². The molecule has 5 nitrogen and oxygen atoms in total. The number of likely N-dealkylation sites (N-methyl/N-ethyl adjacent to an activating group) is 1. The molecule has 0 aliphatic rings. The number of nitrogens with zero attached hydrogens (tertiary/aromatic N) is 1. The second-order valence-corrected chi connectivity index (χ2v) is 7.14. The fourth-order valence-corrected chi connectivity index (χ4v) is 3.09. The van der Waals surface area contributed by atoms with Crippen LogP contribution in [0.5, 0.6) is 0 Å². The van der Waals surface area contributed by atoms with E-state index in [2.05, 4.69) is 12.2 Å². The Morgan fingerprint density at radius 1 is 1.29 bits per heavy atom. The van der Waals surface area contributed by atoms with E-state index in [0.29, 0.717) is 13.2 Å². The molecule has 0 aliphatic carbocycles. The lowest BCUT2D eigenvalue weighted by molar-refractivity contribution is 0.185. The highest BCUT2D eigenvalue weighted by molar-refractivity contribution is 7.88. The molecule has 0 saturated carbocycles. The maximum absolute atomic E-state index is 12.2. The molecular weight excluding hydrogens is 288 g/mol. The Hall–Kier alpha value is -0.950. The van der Waals surface area contributed by atoms with Gasteiger partial charge in [-0.05, 0) is 24.1 Å². The maximum atomic E-state index is 12.2. The highest BCUT2D eigenvalue weighted by Gasteiger charge is 2.18. The van der Waals surface area contributed by atoms with E-state index >= 15 is 0 Å². The molecule has 0 fully saturated rings. The zero-order chi connectivity index (χ0) is 15.7. The molecule has 0 heterocycles. The van der Waals surface area contributed by atoms with Crippen LogP contribution >= 0.6 is 0 Å². The first kappa shape index (κ1) is 18.1. The lowest BCUT2D eigenvalue weighted by Gasteiger charge is -2.17. The summed E-state index contributed by atoms with van der Waals surface area (Å²) < 4.78 is 30.7. The predicted octanol–water partition coefficient (Wildman–Crippen LogP) is 1.59. The highest BCUT2D eigenvalue weighted by Crippen LogP contribution is 2.12. The van der Waals surface area contributed by atoms with Crippen molar-refractivity contribution in [1.82, 2.24) is 9.62 Å². The van der Waals surface area contributed by atoms with Crippen LogP contribution in [-0.2, 0) is 27.1 Å². The van der Waals surface area contributed by atoms with Crippen molar-refractivity contribution in [2.24, 2.45) is 0 Å². The van der Waals surface area contributed by atoms with Crippen molar-refractivity contribution in [3.8, 4) is 0 Å². The maximum Gasteiger partial charge on any atom is 0.218 e. The summed E-state index contributed by atoms with van der Waals surface area (Å²) in [5, 5.41) is 3.32. The second kappa shape index (κ2) is 9.15. The first-order chi connectivity index (χ1) is 9.99. The van der Waals surface area contributed by atoms with E-state index in [0.717, 1.165) is 30.6 Å². The number of methoxy groups -OCH3 is 1. The summed E-state index contributed by atoms with van der Waals surface area (Å²) in [5.74, 6) is 0.0227. The topological polar surface area (TPSA) is 58.6 Å². The van der Waals surface area contributed by atoms with Gasteiger partial charge in [-0.15, -0.1) is 0 Å². The van der Waals surface area contributed by atoms with E-state index < -0.39 is 10.0 Å². The summed E-state index contributed by atoms with van der Waals surface area (Å²) in [4.78, 5) is 0. The quantitative estimate of drug-likeness (QED) is 0.666. The summed E-state index contributed by atoms with van der Waals surface area (Å²) in [7, 11) is -0.148. The predicted molar refractivity (Wildman–Crippen MR) is 85.6 cm³/mol. The molecule has 0 unspecified atom stereocenters. The number of benzene rings is 1. The third kappa shape index (κ3) is 6.56. The van der Waals surface area contributed by atoms with Gasteiger partial charge in [0.2, 0.25) is 10.0 Å². The van der Waals surface area contributed by atoms with Crippen molar-refractivity contribution in [1.29, 1.82) is 0 Å². The summed E-state index contributed by atoms with van der Waals surface area (Å²) in [6.07, 6.45) is 1.08. The van der Waals surface area contributed by atoms with Crippen molar-refractivity contribution in [2.75, 3.05) is 33.9 Å².